The zero-order chi connectivity index (χ0) is 11.6. The predicted octanol–water partition coefficient (Wildman–Crippen LogP) is 3.19. The van der Waals surface area contributed by atoms with Crippen LogP contribution in [0.1, 0.15) is 24.4 Å². The molecule has 1 aromatic rings. The summed E-state index contributed by atoms with van der Waals surface area (Å²) >= 11 is 4.87. The van der Waals surface area contributed by atoms with Crippen molar-refractivity contribution in [1.29, 1.82) is 0 Å². The van der Waals surface area contributed by atoms with E-state index in [0.717, 1.165) is 22.4 Å². The van der Waals surface area contributed by atoms with E-state index in [-0.39, 0.29) is 4.87 Å². The van der Waals surface area contributed by atoms with Crippen molar-refractivity contribution in [2.75, 3.05) is 5.33 Å². The zero-order valence-corrected chi connectivity index (χ0v) is 12.1. The highest BCUT2D eigenvalue weighted by Gasteiger charge is 2.16. The lowest BCUT2D eigenvalue weighted by Crippen LogP contribution is -2.24. The maximum absolute atomic E-state index is 11.7. The normalized spacial score (nSPS) is 13.5. The van der Waals surface area contributed by atoms with Gasteiger partial charge in [0.2, 0.25) is 0 Å². The highest BCUT2D eigenvalue weighted by molar-refractivity contribution is 9.09. The Morgan fingerprint density at radius 3 is 2.33 bits per heavy atom. The van der Waals surface area contributed by atoms with Crippen LogP contribution in [0.3, 0.4) is 0 Å². The standard InChI is InChI=1S/C11H18BrNOS/c1-7(2)10(5-12)6-13-8(3)9(4)15-11(13)14/h7,10H,5-6H2,1-4H3. The minimum Gasteiger partial charge on any atom is -0.303 e. The molecule has 2 nitrogen and oxygen atoms in total. The summed E-state index contributed by atoms with van der Waals surface area (Å²) in [5, 5.41) is 0.950. The first-order valence-electron chi connectivity index (χ1n) is 5.20. The summed E-state index contributed by atoms with van der Waals surface area (Å²) in [5.41, 5.74) is 1.12. The summed E-state index contributed by atoms with van der Waals surface area (Å²) in [6.07, 6.45) is 0. The number of thiazole rings is 1. The Morgan fingerprint density at radius 2 is 2.00 bits per heavy atom. The van der Waals surface area contributed by atoms with Crippen molar-refractivity contribution >= 4 is 27.3 Å². The molecule has 0 aromatic carbocycles. The molecule has 0 bridgehead atoms. The third kappa shape index (κ3) is 2.94. The summed E-state index contributed by atoms with van der Waals surface area (Å²) < 4.78 is 1.91. The molecule has 1 unspecified atom stereocenters. The molecule has 0 N–H and O–H groups in total. The van der Waals surface area contributed by atoms with Gasteiger partial charge in [-0.25, -0.2) is 0 Å². The lowest BCUT2D eigenvalue weighted by Gasteiger charge is -2.19. The Bertz CT molecular complexity index is 380. The number of alkyl halides is 1. The van der Waals surface area contributed by atoms with E-state index in [4.69, 9.17) is 0 Å². The summed E-state index contributed by atoms with van der Waals surface area (Å²) in [5.74, 6) is 1.12. The topological polar surface area (TPSA) is 22.0 Å². The minimum absolute atomic E-state index is 0.177. The smallest absolute Gasteiger partial charge is 0.303 e. The lowest BCUT2D eigenvalue weighted by atomic mass is 9.98. The number of rotatable bonds is 4. The van der Waals surface area contributed by atoms with Crippen LogP contribution in [0.25, 0.3) is 0 Å². The van der Waals surface area contributed by atoms with Crippen LogP contribution >= 0.6 is 27.3 Å². The van der Waals surface area contributed by atoms with Crippen molar-refractivity contribution in [3.63, 3.8) is 0 Å². The lowest BCUT2D eigenvalue weighted by molar-refractivity contribution is 0.368. The molecule has 0 amide bonds. The van der Waals surface area contributed by atoms with Gasteiger partial charge in [0.25, 0.3) is 0 Å². The molecule has 0 fully saturated rings. The molecule has 0 radical (unpaired) electrons. The Morgan fingerprint density at radius 1 is 1.40 bits per heavy atom. The molecule has 0 aliphatic heterocycles. The molecule has 86 valence electrons. The first kappa shape index (κ1) is 13.0. The van der Waals surface area contributed by atoms with Crippen LogP contribution in [0, 0.1) is 25.7 Å². The molecular formula is C11H18BrNOS. The Balaban J connectivity index is 2.93. The summed E-state index contributed by atoms with van der Waals surface area (Å²) in [6.45, 7) is 9.27. The van der Waals surface area contributed by atoms with Crippen molar-refractivity contribution < 1.29 is 0 Å². The Hall–Kier alpha value is -0.0900. The number of halogens is 1. The minimum atomic E-state index is 0.177. The van der Waals surface area contributed by atoms with Gasteiger partial charge in [-0.1, -0.05) is 41.1 Å². The van der Waals surface area contributed by atoms with Crippen LogP contribution in [0.5, 0.6) is 0 Å². The van der Waals surface area contributed by atoms with Crippen molar-refractivity contribution in [1.82, 2.24) is 4.57 Å². The molecule has 1 aromatic heterocycles. The van der Waals surface area contributed by atoms with E-state index in [1.807, 2.05) is 18.4 Å². The molecule has 1 heterocycles. The van der Waals surface area contributed by atoms with E-state index in [1.54, 1.807) is 0 Å². The van der Waals surface area contributed by atoms with Gasteiger partial charge in [0, 0.05) is 22.4 Å². The molecule has 0 saturated heterocycles. The fourth-order valence-electron chi connectivity index (χ4n) is 1.47. The van der Waals surface area contributed by atoms with Gasteiger partial charge < -0.3 is 4.57 Å². The second kappa shape index (κ2) is 5.30. The van der Waals surface area contributed by atoms with Gasteiger partial charge in [0.15, 0.2) is 0 Å². The van der Waals surface area contributed by atoms with E-state index < -0.39 is 0 Å². The summed E-state index contributed by atoms with van der Waals surface area (Å²) in [6, 6.07) is 0. The monoisotopic (exact) mass is 291 g/mol. The highest BCUT2D eigenvalue weighted by atomic mass is 79.9. The predicted molar refractivity (Wildman–Crippen MR) is 70.2 cm³/mol. The SMILES string of the molecule is Cc1sc(=O)n(CC(CBr)C(C)C)c1C. The number of aryl methyl sites for hydroxylation is 1. The Labute approximate surface area is 103 Å². The van der Waals surface area contributed by atoms with Crippen molar-refractivity contribution in [3.8, 4) is 0 Å². The average molecular weight is 292 g/mol. The van der Waals surface area contributed by atoms with E-state index >= 15 is 0 Å². The maximum atomic E-state index is 11.7. The van der Waals surface area contributed by atoms with Crippen molar-refractivity contribution in [3.05, 3.63) is 20.2 Å². The number of hydrogen-bond donors (Lipinski definition) is 0. The van der Waals surface area contributed by atoms with E-state index in [2.05, 4.69) is 29.8 Å². The summed E-state index contributed by atoms with van der Waals surface area (Å²) in [7, 11) is 0. The summed E-state index contributed by atoms with van der Waals surface area (Å²) in [4.78, 5) is 13.0. The Kier molecular flexibility index (Phi) is 4.59. The van der Waals surface area contributed by atoms with Crippen LogP contribution in [0.4, 0.5) is 0 Å². The third-order valence-electron chi connectivity index (χ3n) is 2.93. The highest BCUT2D eigenvalue weighted by Crippen LogP contribution is 2.18. The van der Waals surface area contributed by atoms with Gasteiger partial charge in [-0.3, -0.25) is 4.79 Å². The third-order valence-corrected chi connectivity index (χ3v) is 4.76. The van der Waals surface area contributed by atoms with Gasteiger partial charge in [0.05, 0.1) is 0 Å². The average Bonchev–Trinajstić information content (AvgIpc) is 2.39. The number of aromatic nitrogens is 1. The first-order valence-corrected chi connectivity index (χ1v) is 7.14. The van der Waals surface area contributed by atoms with Crippen LogP contribution in [0.15, 0.2) is 4.79 Å². The van der Waals surface area contributed by atoms with Gasteiger partial charge in [-0.2, -0.15) is 0 Å². The van der Waals surface area contributed by atoms with Crippen LogP contribution in [0.2, 0.25) is 0 Å². The number of hydrogen-bond acceptors (Lipinski definition) is 2. The molecule has 0 spiro atoms. The quantitative estimate of drug-likeness (QED) is 0.781. The fraction of sp³-hybridized carbons (Fsp3) is 0.727. The van der Waals surface area contributed by atoms with Crippen molar-refractivity contribution in [2.45, 2.75) is 34.2 Å². The molecule has 1 rings (SSSR count). The van der Waals surface area contributed by atoms with Gasteiger partial charge >= 0.3 is 4.87 Å². The van der Waals surface area contributed by atoms with Gasteiger partial charge in [-0.15, -0.1) is 0 Å². The molecule has 0 aliphatic carbocycles. The van der Waals surface area contributed by atoms with Crippen LogP contribution in [-0.4, -0.2) is 9.90 Å². The zero-order valence-electron chi connectivity index (χ0n) is 9.71. The molecule has 0 saturated carbocycles. The van der Waals surface area contributed by atoms with Crippen molar-refractivity contribution in [2.24, 2.45) is 11.8 Å². The molecular weight excluding hydrogens is 274 g/mol. The molecule has 15 heavy (non-hydrogen) atoms. The first-order chi connectivity index (χ1) is 6.97. The second-order valence-electron chi connectivity index (χ2n) is 4.28. The number of nitrogens with zero attached hydrogens (tertiary/aromatic N) is 1. The largest absolute Gasteiger partial charge is 0.307 e. The van der Waals surface area contributed by atoms with Gasteiger partial charge in [-0.05, 0) is 25.7 Å². The van der Waals surface area contributed by atoms with E-state index in [9.17, 15) is 4.79 Å². The van der Waals surface area contributed by atoms with Crippen LogP contribution < -0.4 is 4.87 Å². The van der Waals surface area contributed by atoms with E-state index in [1.165, 1.54) is 11.3 Å². The fourth-order valence-corrected chi connectivity index (χ4v) is 3.26. The molecule has 1 atom stereocenters. The van der Waals surface area contributed by atoms with Gasteiger partial charge in [0.1, 0.15) is 0 Å². The molecule has 0 aliphatic rings. The second-order valence-corrected chi connectivity index (χ2v) is 6.09. The molecule has 4 heteroatoms. The van der Waals surface area contributed by atoms with E-state index in [0.29, 0.717) is 11.8 Å². The van der Waals surface area contributed by atoms with Crippen LogP contribution in [-0.2, 0) is 6.54 Å². The maximum Gasteiger partial charge on any atom is 0.307 e.